The van der Waals surface area contributed by atoms with Crippen molar-refractivity contribution in [2.75, 3.05) is 13.2 Å². The molecule has 84 valence electrons. The fraction of sp³-hybridized carbons (Fsp3) is 0.455. The maximum atomic E-state index is 9.60. The van der Waals surface area contributed by atoms with Crippen LogP contribution >= 0.6 is 0 Å². The van der Waals surface area contributed by atoms with Crippen LogP contribution in [-0.4, -0.2) is 18.3 Å². The Morgan fingerprint density at radius 2 is 2.07 bits per heavy atom. The van der Waals surface area contributed by atoms with Crippen molar-refractivity contribution in [1.29, 1.82) is 0 Å². The molecule has 1 aromatic carbocycles. The molecule has 0 spiro atoms. The van der Waals surface area contributed by atoms with E-state index in [1.807, 2.05) is 24.3 Å². The fourth-order valence-electron chi connectivity index (χ4n) is 1.24. The Labute approximate surface area is 90.0 Å². The van der Waals surface area contributed by atoms with E-state index in [9.17, 15) is 5.11 Å². The molecule has 0 aliphatic heterocycles. The van der Waals surface area contributed by atoms with Crippen molar-refractivity contribution in [3.63, 3.8) is 0 Å². The van der Waals surface area contributed by atoms with Crippen molar-refractivity contribution < 1.29 is 9.84 Å². The zero-order chi connectivity index (χ0) is 11.1. The molecule has 15 heavy (non-hydrogen) atoms. The van der Waals surface area contributed by atoms with E-state index in [2.05, 4.69) is 12.3 Å². The third-order valence-electron chi connectivity index (χ3n) is 2.05. The molecular weight excluding hydrogens is 192 g/mol. The molecule has 1 unspecified atom stereocenters. The minimum absolute atomic E-state index is 0.342. The summed E-state index contributed by atoms with van der Waals surface area (Å²) in [5.41, 5.74) is 3.26. The number of hydrogen-bond acceptors (Lipinski definition) is 4. The maximum absolute atomic E-state index is 9.60. The second-order valence-electron chi connectivity index (χ2n) is 3.34. The van der Waals surface area contributed by atoms with E-state index in [4.69, 9.17) is 10.6 Å². The molecule has 0 heterocycles. The standard InChI is InChI=1S/C11H18N2O2/c1-2-7-15-10-5-3-9(4-6-10)11(14)8-13-12/h3-6,11,13-14H,2,7-8,12H2,1H3. The lowest BCUT2D eigenvalue weighted by Gasteiger charge is -2.11. The van der Waals surface area contributed by atoms with E-state index < -0.39 is 6.10 Å². The molecule has 0 aromatic heterocycles. The third-order valence-corrected chi connectivity index (χ3v) is 2.05. The van der Waals surface area contributed by atoms with Gasteiger partial charge in [0.25, 0.3) is 0 Å². The molecule has 0 aliphatic rings. The van der Waals surface area contributed by atoms with Gasteiger partial charge in [-0.15, -0.1) is 0 Å². The van der Waals surface area contributed by atoms with Gasteiger partial charge in [0.15, 0.2) is 0 Å². The van der Waals surface area contributed by atoms with Gasteiger partial charge in [-0.2, -0.15) is 0 Å². The number of aliphatic hydroxyl groups excluding tert-OH is 1. The van der Waals surface area contributed by atoms with Gasteiger partial charge >= 0.3 is 0 Å². The van der Waals surface area contributed by atoms with E-state index in [1.165, 1.54) is 0 Å². The van der Waals surface area contributed by atoms with Crippen LogP contribution in [-0.2, 0) is 0 Å². The lowest BCUT2D eigenvalue weighted by Crippen LogP contribution is -2.27. The van der Waals surface area contributed by atoms with E-state index >= 15 is 0 Å². The predicted molar refractivity (Wildman–Crippen MR) is 59.4 cm³/mol. The second-order valence-corrected chi connectivity index (χ2v) is 3.34. The molecule has 1 rings (SSSR count). The third kappa shape index (κ3) is 3.87. The highest BCUT2D eigenvalue weighted by atomic mass is 16.5. The van der Waals surface area contributed by atoms with E-state index in [1.54, 1.807) is 0 Å². The molecule has 0 bridgehead atoms. The Morgan fingerprint density at radius 1 is 1.40 bits per heavy atom. The first-order chi connectivity index (χ1) is 7.27. The molecule has 1 aromatic rings. The van der Waals surface area contributed by atoms with Crippen LogP contribution < -0.4 is 16.0 Å². The summed E-state index contributed by atoms with van der Waals surface area (Å²) in [6.07, 6.45) is 0.414. The Morgan fingerprint density at radius 3 is 2.60 bits per heavy atom. The topological polar surface area (TPSA) is 67.5 Å². The number of hydrazine groups is 1. The predicted octanol–water partition coefficient (Wildman–Crippen LogP) is 0.972. The van der Waals surface area contributed by atoms with E-state index in [0.717, 1.165) is 17.7 Å². The summed E-state index contributed by atoms with van der Waals surface area (Å²) in [6.45, 7) is 3.12. The average Bonchev–Trinajstić information content (AvgIpc) is 2.27. The zero-order valence-corrected chi connectivity index (χ0v) is 8.94. The minimum atomic E-state index is -0.574. The van der Waals surface area contributed by atoms with Crippen LogP contribution in [0.1, 0.15) is 25.0 Å². The van der Waals surface area contributed by atoms with Crippen LogP contribution in [0.4, 0.5) is 0 Å². The lowest BCUT2D eigenvalue weighted by molar-refractivity contribution is 0.175. The highest BCUT2D eigenvalue weighted by Crippen LogP contribution is 2.17. The molecule has 0 radical (unpaired) electrons. The van der Waals surface area contributed by atoms with Gasteiger partial charge < -0.3 is 9.84 Å². The molecule has 0 aliphatic carbocycles. The van der Waals surface area contributed by atoms with Gasteiger partial charge in [-0.05, 0) is 24.1 Å². The molecule has 0 fully saturated rings. The summed E-state index contributed by atoms with van der Waals surface area (Å²) in [7, 11) is 0. The van der Waals surface area contributed by atoms with Crippen LogP contribution in [0.15, 0.2) is 24.3 Å². The molecule has 4 nitrogen and oxygen atoms in total. The molecule has 0 saturated heterocycles. The van der Waals surface area contributed by atoms with Gasteiger partial charge in [-0.3, -0.25) is 11.3 Å². The van der Waals surface area contributed by atoms with Crippen LogP contribution in [0.3, 0.4) is 0 Å². The summed E-state index contributed by atoms with van der Waals surface area (Å²) in [5.74, 6) is 5.96. The number of benzene rings is 1. The summed E-state index contributed by atoms with van der Waals surface area (Å²) in [4.78, 5) is 0. The van der Waals surface area contributed by atoms with Crippen molar-refractivity contribution in [2.45, 2.75) is 19.4 Å². The second kappa shape index (κ2) is 6.40. The Balaban J connectivity index is 2.55. The first-order valence-corrected chi connectivity index (χ1v) is 5.12. The van der Waals surface area contributed by atoms with Crippen molar-refractivity contribution >= 4 is 0 Å². The van der Waals surface area contributed by atoms with Crippen molar-refractivity contribution in [3.8, 4) is 5.75 Å². The van der Waals surface area contributed by atoms with Crippen LogP contribution in [0, 0.1) is 0 Å². The average molecular weight is 210 g/mol. The molecule has 0 amide bonds. The summed E-state index contributed by atoms with van der Waals surface area (Å²) < 4.78 is 5.43. The Hall–Kier alpha value is -1.10. The summed E-state index contributed by atoms with van der Waals surface area (Å²) in [5, 5.41) is 9.60. The van der Waals surface area contributed by atoms with Gasteiger partial charge in [0.2, 0.25) is 0 Å². The molecule has 4 heteroatoms. The first kappa shape index (κ1) is 12.0. The Kier molecular flexibility index (Phi) is 5.10. The molecular formula is C11H18N2O2. The number of aliphatic hydroxyl groups is 1. The minimum Gasteiger partial charge on any atom is -0.494 e. The van der Waals surface area contributed by atoms with Gasteiger partial charge in [-0.25, -0.2) is 0 Å². The quantitative estimate of drug-likeness (QED) is 0.483. The fourth-order valence-corrected chi connectivity index (χ4v) is 1.24. The SMILES string of the molecule is CCCOc1ccc(C(O)CNN)cc1. The van der Waals surface area contributed by atoms with Crippen LogP contribution in [0.5, 0.6) is 5.75 Å². The van der Waals surface area contributed by atoms with Gasteiger partial charge in [0, 0.05) is 6.54 Å². The maximum Gasteiger partial charge on any atom is 0.119 e. The van der Waals surface area contributed by atoms with Gasteiger partial charge in [-0.1, -0.05) is 19.1 Å². The van der Waals surface area contributed by atoms with Crippen molar-refractivity contribution in [2.24, 2.45) is 5.84 Å². The highest BCUT2D eigenvalue weighted by Gasteiger charge is 2.05. The number of nitrogens with one attached hydrogen (secondary N) is 1. The van der Waals surface area contributed by atoms with Crippen molar-refractivity contribution in [3.05, 3.63) is 29.8 Å². The van der Waals surface area contributed by atoms with Crippen molar-refractivity contribution in [1.82, 2.24) is 5.43 Å². The number of nitrogens with two attached hydrogens (primary N) is 1. The van der Waals surface area contributed by atoms with Gasteiger partial charge in [0.05, 0.1) is 12.7 Å². The monoisotopic (exact) mass is 210 g/mol. The van der Waals surface area contributed by atoms with Crippen LogP contribution in [0.2, 0.25) is 0 Å². The zero-order valence-electron chi connectivity index (χ0n) is 8.94. The first-order valence-electron chi connectivity index (χ1n) is 5.12. The molecule has 1 atom stereocenters. The molecule has 0 saturated carbocycles. The van der Waals surface area contributed by atoms with E-state index in [-0.39, 0.29) is 0 Å². The molecule has 4 N–H and O–H groups in total. The highest BCUT2D eigenvalue weighted by molar-refractivity contribution is 5.28. The largest absolute Gasteiger partial charge is 0.494 e. The number of ether oxygens (including phenoxy) is 1. The van der Waals surface area contributed by atoms with E-state index in [0.29, 0.717) is 13.2 Å². The smallest absolute Gasteiger partial charge is 0.119 e. The van der Waals surface area contributed by atoms with Gasteiger partial charge in [0.1, 0.15) is 5.75 Å². The number of rotatable bonds is 6. The number of hydrogen-bond donors (Lipinski definition) is 3. The summed E-state index contributed by atoms with van der Waals surface area (Å²) >= 11 is 0. The Bertz CT molecular complexity index is 274. The summed E-state index contributed by atoms with van der Waals surface area (Å²) in [6, 6.07) is 7.38. The van der Waals surface area contributed by atoms with Crippen LogP contribution in [0.25, 0.3) is 0 Å². The normalized spacial score (nSPS) is 12.5. The lowest BCUT2D eigenvalue weighted by atomic mass is 10.1.